The number of esters is 1. The van der Waals surface area contributed by atoms with Gasteiger partial charge < -0.3 is 9.84 Å². The fraction of sp³-hybridized carbons (Fsp3) is 0.533. The number of hydrogen-bond donors (Lipinski definition) is 1. The maximum atomic E-state index is 11.3. The summed E-state index contributed by atoms with van der Waals surface area (Å²) in [5, 5.41) is 9.91. The molecule has 3 heteroatoms. The molecule has 0 saturated heterocycles. The lowest BCUT2D eigenvalue weighted by Gasteiger charge is -2.20. The van der Waals surface area contributed by atoms with Crippen LogP contribution in [0.15, 0.2) is 24.3 Å². The Morgan fingerprint density at radius 1 is 1.28 bits per heavy atom. The molecule has 1 aromatic rings. The standard InChI is InChI=1S/C15H22O3/c1-5-18-14(17)10-13(16)11-6-8-12(9-7-11)15(2,3)4/h6-9,13,16H,5,10H2,1-4H3. The normalized spacial score (nSPS) is 13.2. The Morgan fingerprint density at radius 2 is 1.83 bits per heavy atom. The molecule has 0 spiro atoms. The zero-order chi connectivity index (χ0) is 13.8. The fourth-order valence-corrected chi connectivity index (χ4v) is 1.70. The molecule has 0 saturated carbocycles. The Labute approximate surface area is 109 Å². The van der Waals surface area contributed by atoms with Crippen molar-refractivity contribution in [3.8, 4) is 0 Å². The zero-order valence-corrected chi connectivity index (χ0v) is 11.6. The lowest BCUT2D eigenvalue weighted by molar-refractivity contribution is -0.145. The predicted octanol–water partition coefficient (Wildman–Crippen LogP) is 2.97. The van der Waals surface area contributed by atoms with E-state index in [0.29, 0.717) is 6.61 Å². The Balaban J connectivity index is 2.70. The Morgan fingerprint density at radius 3 is 2.28 bits per heavy atom. The van der Waals surface area contributed by atoms with Gasteiger partial charge in [-0.3, -0.25) is 4.79 Å². The van der Waals surface area contributed by atoms with Crippen LogP contribution in [0.25, 0.3) is 0 Å². The summed E-state index contributed by atoms with van der Waals surface area (Å²) < 4.78 is 4.81. The van der Waals surface area contributed by atoms with Gasteiger partial charge in [0.25, 0.3) is 0 Å². The molecule has 0 bridgehead atoms. The summed E-state index contributed by atoms with van der Waals surface area (Å²) in [6, 6.07) is 7.71. The lowest BCUT2D eigenvalue weighted by Crippen LogP contribution is -2.12. The zero-order valence-electron chi connectivity index (χ0n) is 11.6. The first-order chi connectivity index (χ1) is 8.34. The van der Waals surface area contributed by atoms with Crippen LogP contribution < -0.4 is 0 Å². The molecule has 0 aliphatic carbocycles. The molecule has 0 aliphatic heterocycles. The molecule has 0 aromatic heterocycles. The van der Waals surface area contributed by atoms with Crippen LogP contribution >= 0.6 is 0 Å². The van der Waals surface area contributed by atoms with E-state index >= 15 is 0 Å². The van der Waals surface area contributed by atoms with Gasteiger partial charge in [-0.25, -0.2) is 0 Å². The second kappa shape index (κ2) is 6.01. The number of hydrogen-bond acceptors (Lipinski definition) is 3. The molecule has 0 amide bonds. The number of carbonyl (C=O) groups excluding carboxylic acids is 1. The fourth-order valence-electron chi connectivity index (χ4n) is 1.70. The van der Waals surface area contributed by atoms with Crippen molar-refractivity contribution in [2.24, 2.45) is 0 Å². The van der Waals surface area contributed by atoms with Gasteiger partial charge in [-0.1, -0.05) is 45.0 Å². The minimum absolute atomic E-state index is 0.00268. The molecule has 3 nitrogen and oxygen atoms in total. The van der Waals surface area contributed by atoms with E-state index in [-0.39, 0.29) is 17.8 Å². The van der Waals surface area contributed by atoms with E-state index in [1.807, 2.05) is 24.3 Å². The van der Waals surface area contributed by atoms with E-state index in [1.165, 1.54) is 5.56 Å². The van der Waals surface area contributed by atoms with Crippen LogP contribution in [-0.2, 0) is 14.9 Å². The smallest absolute Gasteiger partial charge is 0.308 e. The molecule has 0 heterocycles. The highest BCUT2D eigenvalue weighted by atomic mass is 16.5. The van der Waals surface area contributed by atoms with Crippen LogP contribution in [0.1, 0.15) is 51.3 Å². The summed E-state index contributed by atoms with van der Waals surface area (Å²) in [6.45, 7) is 8.50. The maximum absolute atomic E-state index is 11.3. The number of ether oxygens (including phenoxy) is 1. The summed E-state index contributed by atoms with van der Waals surface area (Å²) in [4.78, 5) is 11.3. The molecule has 1 aromatic carbocycles. The molecule has 0 aliphatic rings. The van der Waals surface area contributed by atoms with Crippen LogP contribution in [0.2, 0.25) is 0 Å². The Kier molecular flexibility index (Phi) is 4.91. The number of benzene rings is 1. The third kappa shape index (κ3) is 4.15. The topological polar surface area (TPSA) is 46.5 Å². The maximum Gasteiger partial charge on any atom is 0.308 e. The highest BCUT2D eigenvalue weighted by Gasteiger charge is 2.16. The number of aliphatic hydroxyl groups is 1. The van der Waals surface area contributed by atoms with Gasteiger partial charge in [0.2, 0.25) is 0 Å². The van der Waals surface area contributed by atoms with Gasteiger partial charge in [0.15, 0.2) is 0 Å². The molecule has 1 unspecified atom stereocenters. The molecule has 18 heavy (non-hydrogen) atoms. The minimum atomic E-state index is -0.793. The predicted molar refractivity (Wildman–Crippen MR) is 71.4 cm³/mol. The summed E-state index contributed by atoms with van der Waals surface area (Å²) in [5.74, 6) is -0.370. The van der Waals surface area contributed by atoms with Crippen molar-refractivity contribution in [1.29, 1.82) is 0 Å². The first kappa shape index (κ1) is 14.7. The quantitative estimate of drug-likeness (QED) is 0.836. The van der Waals surface area contributed by atoms with Gasteiger partial charge >= 0.3 is 5.97 Å². The van der Waals surface area contributed by atoms with Crippen molar-refractivity contribution in [3.63, 3.8) is 0 Å². The molecule has 1 rings (SSSR count). The van der Waals surface area contributed by atoms with Crippen LogP contribution in [0, 0.1) is 0 Å². The van der Waals surface area contributed by atoms with Crippen LogP contribution in [0.3, 0.4) is 0 Å². The average molecular weight is 250 g/mol. The van der Waals surface area contributed by atoms with Gasteiger partial charge in [0.1, 0.15) is 0 Å². The lowest BCUT2D eigenvalue weighted by atomic mass is 9.86. The molecular weight excluding hydrogens is 228 g/mol. The van der Waals surface area contributed by atoms with Gasteiger partial charge in [0.05, 0.1) is 19.1 Å². The van der Waals surface area contributed by atoms with Crippen molar-refractivity contribution in [2.75, 3.05) is 6.61 Å². The molecular formula is C15H22O3. The SMILES string of the molecule is CCOC(=O)CC(O)c1ccc(C(C)(C)C)cc1. The monoisotopic (exact) mass is 250 g/mol. The summed E-state index contributed by atoms with van der Waals surface area (Å²) in [7, 11) is 0. The van der Waals surface area contributed by atoms with Gasteiger partial charge in [0, 0.05) is 0 Å². The first-order valence-corrected chi connectivity index (χ1v) is 6.28. The van der Waals surface area contributed by atoms with Crippen LogP contribution in [0.4, 0.5) is 0 Å². The van der Waals surface area contributed by atoms with Crippen molar-refractivity contribution in [2.45, 2.75) is 45.6 Å². The van der Waals surface area contributed by atoms with Gasteiger partial charge in [-0.15, -0.1) is 0 Å². The largest absolute Gasteiger partial charge is 0.466 e. The number of aliphatic hydroxyl groups excluding tert-OH is 1. The highest BCUT2D eigenvalue weighted by Crippen LogP contribution is 2.24. The summed E-state index contributed by atoms with van der Waals surface area (Å²) in [5.41, 5.74) is 2.04. The van der Waals surface area contributed by atoms with E-state index in [9.17, 15) is 9.90 Å². The van der Waals surface area contributed by atoms with E-state index in [1.54, 1.807) is 6.92 Å². The number of rotatable bonds is 4. The molecule has 0 radical (unpaired) electrons. The van der Waals surface area contributed by atoms with Crippen molar-refractivity contribution in [1.82, 2.24) is 0 Å². The molecule has 0 fully saturated rings. The van der Waals surface area contributed by atoms with E-state index in [2.05, 4.69) is 20.8 Å². The second-order valence-electron chi connectivity index (χ2n) is 5.40. The molecule has 100 valence electrons. The third-order valence-corrected chi connectivity index (χ3v) is 2.83. The van der Waals surface area contributed by atoms with E-state index in [0.717, 1.165) is 5.56 Å². The minimum Gasteiger partial charge on any atom is -0.466 e. The van der Waals surface area contributed by atoms with Crippen LogP contribution in [-0.4, -0.2) is 17.7 Å². The van der Waals surface area contributed by atoms with Crippen molar-refractivity contribution < 1.29 is 14.6 Å². The molecule has 1 N–H and O–H groups in total. The van der Waals surface area contributed by atoms with Crippen LogP contribution in [0.5, 0.6) is 0 Å². The van der Waals surface area contributed by atoms with Crippen molar-refractivity contribution >= 4 is 5.97 Å². The summed E-state index contributed by atoms with van der Waals surface area (Å²) >= 11 is 0. The van der Waals surface area contributed by atoms with Gasteiger partial charge in [-0.05, 0) is 23.5 Å². The van der Waals surface area contributed by atoms with Crippen molar-refractivity contribution in [3.05, 3.63) is 35.4 Å². The van der Waals surface area contributed by atoms with E-state index < -0.39 is 6.10 Å². The first-order valence-electron chi connectivity index (χ1n) is 6.28. The summed E-state index contributed by atoms with van der Waals surface area (Å²) in [6.07, 6.45) is -0.791. The third-order valence-electron chi connectivity index (χ3n) is 2.83. The van der Waals surface area contributed by atoms with E-state index in [4.69, 9.17) is 4.74 Å². The number of carbonyl (C=O) groups is 1. The highest BCUT2D eigenvalue weighted by molar-refractivity contribution is 5.70. The second-order valence-corrected chi connectivity index (χ2v) is 5.40. The Hall–Kier alpha value is -1.35. The Bertz CT molecular complexity index is 387. The average Bonchev–Trinajstić information content (AvgIpc) is 2.28. The molecule has 1 atom stereocenters. The van der Waals surface area contributed by atoms with Gasteiger partial charge in [-0.2, -0.15) is 0 Å².